The van der Waals surface area contributed by atoms with Crippen LogP contribution in [0.3, 0.4) is 0 Å². The number of pyridine rings is 1. The third kappa shape index (κ3) is 2.62. The predicted octanol–water partition coefficient (Wildman–Crippen LogP) is 0.480. The van der Waals surface area contributed by atoms with Crippen molar-refractivity contribution in [2.24, 2.45) is 0 Å². The molecule has 0 saturated carbocycles. The smallest absolute Gasteiger partial charge is 0.151 e. The first-order valence-corrected chi connectivity index (χ1v) is 5.65. The Bertz CT molecular complexity index is 380. The third-order valence-corrected chi connectivity index (χ3v) is 2.91. The second kappa shape index (κ2) is 5.25. The van der Waals surface area contributed by atoms with Crippen LogP contribution in [0.25, 0.3) is 0 Å². The lowest BCUT2D eigenvalue weighted by molar-refractivity contribution is -0.0105. The quantitative estimate of drug-likeness (QED) is 0.773. The van der Waals surface area contributed by atoms with Crippen molar-refractivity contribution in [1.82, 2.24) is 4.98 Å². The van der Waals surface area contributed by atoms with Gasteiger partial charge in [-0.2, -0.15) is 0 Å². The van der Waals surface area contributed by atoms with Crippen LogP contribution in [0.1, 0.15) is 17.3 Å². The van der Waals surface area contributed by atoms with E-state index >= 15 is 0 Å². The highest BCUT2D eigenvalue weighted by Gasteiger charge is 2.26. The SMILES string of the molecule is CC1COC(CO)CN1c1ccc(C=O)cn1. The lowest BCUT2D eigenvalue weighted by Crippen LogP contribution is -2.49. The number of carbonyl (C=O) groups is 1. The molecule has 2 rings (SSSR count). The van der Waals surface area contributed by atoms with Gasteiger partial charge in [0, 0.05) is 18.3 Å². The van der Waals surface area contributed by atoms with Crippen molar-refractivity contribution >= 4 is 12.1 Å². The van der Waals surface area contributed by atoms with Crippen LogP contribution < -0.4 is 4.90 Å². The van der Waals surface area contributed by atoms with E-state index in [-0.39, 0.29) is 18.8 Å². The van der Waals surface area contributed by atoms with Crippen LogP contribution in [0.5, 0.6) is 0 Å². The Morgan fingerprint density at radius 2 is 2.47 bits per heavy atom. The average Bonchev–Trinajstić information content (AvgIpc) is 2.39. The molecule has 1 fully saturated rings. The van der Waals surface area contributed by atoms with Gasteiger partial charge in [0.05, 0.1) is 25.4 Å². The Morgan fingerprint density at radius 3 is 3.06 bits per heavy atom. The molecule has 5 nitrogen and oxygen atoms in total. The summed E-state index contributed by atoms with van der Waals surface area (Å²) in [6.45, 7) is 3.24. The van der Waals surface area contributed by atoms with Crippen molar-refractivity contribution in [3.05, 3.63) is 23.9 Å². The number of morpholine rings is 1. The van der Waals surface area contributed by atoms with Gasteiger partial charge >= 0.3 is 0 Å². The largest absolute Gasteiger partial charge is 0.394 e. The molecule has 1 aromatic heterocycles. The topological polar surface area (TPSA) is 62.7 Å². The number of ether oxygens (including phenoxy) is 1. The minimum Gasteiger partial charge on any atom is -0.394 e. The highest BCUT2D eigenvalue weighted by molar-refractivity contribution is 5.74. The fourth-order valence-corrected chi connectivity index (χ4v) is 1.88. The van der Waals surface area contributed by atoms with Crippen LogP contribution in [0.2, 0.25) is 0 Å². The minimum atomic E-state index is -0.168. The molecule has 0 bridgehead atoms. The number of aliphatic hydroxyl groups is 1. The molecule has 92 valence electrons. The molecular weight excluding hydrogens is 220 g/mol. The molecular formula is C12H16N2O3. The van der Waals surface area contributed by atoms with E-state index in [1.54, 1.807) is 12.3 Å². The van der Waals surface area contributed by atoms with Crippen molar-refractivity contribution in [2.75, 3.05) is 24.7 Å². The monoisotopic (exact) mass is 236 g/mol. The fourth-order valence-electron chi connectivity index (χ4n) is 1.88. The van der Waals surface area contributed by atoms with E-state index in [2.05, 4.69) is 9.88 Å². The normalized spacial score (nSPS) is 24.7. The molecule has 2 unspecified atom stereocenters. The molecule has 1 aromatic rings. The zero-order chi connectivity index (χ0) is 12.3. The van der Waals surface area contributed by atoms with Gasteiger partial charge < -0.3 is 14.7 Å². The van der Waals surface area contributed by atoms with Gasteiger partial charge in [0.2, 0.25) is 0 Å². The Hall–Kier alpha value is -1.46. The molecule has 1 saturated heterocycles. The van der Waals surface area contributed by atoms with Gasteiger partial charge in [-0.15, -0.1) is 0 Å². The lowest BCUT2D eigenvalue weighted by Gasteiger charge is -2.38. The number of aromatic nitrogens is 1. The number of hydrogen-bond acceptors (Lipinski definition) is 5. The standard InChI is InChI=1S/C12H16N2O3/c1-9-8-17-11(7-16)5-14(9)12-3-2-10(6-15)4-13-12/h2-4,6,9,11,16H,5,7-8H2,1H3. The molecule has 1 N–H and O–H groups in total. The van der Waals surface area contributed by atoms with E-state index in [4.69, 9.17) is 9.84 Å². The molecule has 1 aliphatic rings. The Kier molecular flexibility index (Phi) is 3.71. The van der Waals surface area contributed by atoms with Crippen molar-refractivity contribution in [3.63, 3.8) is 0 Å². The van der Waals surface area contributed by atoms with Gasteiger partial charge in [-0.1, -0.05) is 0 Å². The molecule has 0 radical (unpaired) electrons. The van der Waals surface area contributed by atoms with E-state index in [9.17, 15) is 4.79 Å². The van der Waals surface area contributed by atoms with Gasteiger partial charge in [0.1, 0.15) is 5.82 Å². The first-order chi connectivity index (χ1) is 8.24. The fraction of sp³-hybridized carbons (Fsp3) is 0.500. The predicted molar refractivity (Wildman–Crippen MR) is 63.3 cm³/mol. The first-order valence-electron chi connectivity index (χ1n) is 5.65. The molecule has 0 spiro atoms. The van der Waals surface area contributed by atoms with Crippen LogP contribution in [0, 0.1) is 0 Å². The van der Waals surface area contributed by atoms with Crippen molar-refractivity contribution in [1.29, 1.82) is 0 Å². The Morgan fingerprint density at radius 1 is 1.65 bits per heavy atom. The third-order valence-electron chi connectivity index (χ3n) is 2.91. The summed E-state index contributed by atoms with van der Waals surface area (Å²) in [5.41, 5.74) is 0.563. The molecule has 0 amide bonds. The second-order valence-corrected chi connectivity index (χ2v) is 4.21. The van der Waals surface area contributed by atoms with E-state index in [0.717, 1.165) is 12.1 Å². The molecule has 0 aliphatic carbocycles. The Labute approximate surface area is 100 Å². The molecule has 2 atom stereocenters. The maximum Gasteiger partial charge on any atom is 0.151 e. The van der Waals surface area contributed by atoms with E-state index in [1.165, 1.54) is 0 Å². The highest BCUT2D eigenvalue weighted by Crippen LogP contribution is 2.19. The zero-order valence-electron chi connectivity index (χ0n) is 9.74. The number of hydrogen-bond donors (Lipinski definition) is 1. The maximum absolute atomic E-state index is 10.6. The van der Waals surface area contributed by atoms with Crippen LogP contribution in [0.15, 0.2) is 18.3 Å². The number of aldehydes is 1. The van der Waals surface area contributed by atoms with Crippen LogP contribution >= 0.6 is 0 Å². The summed E-state index contributed by atoms with van der Waals surface area (Å²) in [5.74, 6) is 0.810. The summed E-state index contributed by atoms with van der Waals surface area (Å²) >= 11 is 0. The van der Waals surface area contributed by atoms with Crippen molar-refractivity contribution in [2.45, 2.75) is 19.1 Å². The summed E-state index contributed by atoms with van der Waals surface area (Å²) in [7, 11) is 0. The van der Waals surface area contributed by atoms with Crippen molar-refractivity contribution < 1.29 is 14.6 Å². The molecule has 2 heterocycles. The highest BCUT2D eigenvalue weighted by atomic mass is 16.5. The van der Waals surface area contributed by atoms with Crippen LogP contribution in [0.4, 0.5) is 5.82 Å². The van der Waals surface area contributed by atoms with Crippen LogP contribution in [-0.4, -0.2) is 48.3 Å². The lowest BCUT2D eigenvalue weighted by atomic mass is 10.2. The zero-order valence-corrected chi connectivity index (χ0v) is 9.74. The van der Waals surface area contributed by atoms with E-state index in [1.807, 2.05) is 13.0 Å². The van der Waals surface area contributed by atoms with Crippen LogP contribution in [-0.2, 0) is 4.74 Å². The number of nitrogens with zero attached hydrogens (tertiary/aromatic N) is 2. The van der Waals surface area contributed by atoms with Gasteiger partial charge in [0.25, 0.3) is 0 Å². The maximum atomic E-state index is 10.6. The van der Waals surface area contributed by atoms with Gasteiger partial charge in [-0.3, -0.25) is 4.79 Å². The number of aliphatic hydroxyl groups excluding tert-OH is 1. The Balaban J connectivity index is 2.15. The molecule has 5 heteroatoms. The summed E-state index contributed by atoms with van der Waals surface area (Å²) in [6, 6.07) is 3.78. The molecule has 0 aromatic carbocycles. The molecule has 17 heavy (non-hydrogen) atoms. The summed E-state index contributed by atoms with van der Waals surface area (Å²) in [6.07, 6.45) is 2.16. The summed E-state index contributed by atoms with van der Waals surface area (Å²) in [4.78, 5) is 16.9. The number of carbonyl (C=O) groups excluding carboxylic acids is 1. The first kappa shape index (κ1) is 12.0. The van der Waals surface area contributed by atoms with Crippen molar-refractivity contribution in [3.8, 4) is 0 Å². The number of anilines is 1. The van der Waals surface area contributed by atoms with E-state index in [0.29, 0.717) is 18.7 Å². The average molecular weight is 236 g/mol. The number of rotatable bonds is 3. The second-order valence-electron chi connectivity index (χ2n) is 4.21. The summed E-state index contributed by atoms with van der Waals surface area (Å²) in [5, 5.41) is 9.11. The van der Waals surface area contributed by atoms with Gasteiger partial charge in [-0.25, -0.2) is 4.98 Å². The van der Waals surface area contributed by atoms with Gasteiger partial charge in [-0.05, 0) is 19.1 Å². The summed E-state index contributed by atoms with van der Waals surface area (Å²) < 4.78 is 5.46. The van der Waals surface area contributed by atoms with E-state index < -0.39 is 0 Å². The van der Waals surface area contributed by atoms with Gasteiger partial charge in [0.15, 0.2) is 6.29 Å². The minimum absolute atomic E-state index is 0.00956. The molecule has 1 aliphatic heterocycles.